The minimum atomic E-state index is -0.490. The Hall–Kier alpha value is -1.82. The van der Waals surface area contributed by atoms with Gasteiger partial charge in [0.15, 0.2) is 6.29 Å². The van der Waals surface area contributed by atoms with Crippen molar-refractivity contribution < 1.29 is 9.18 Å². The lowest BCUT2D eigenvalue weighted by Crippen LogP contribution is -2.23. The van der Waals surface area contributed by atoms with E-state index in [4.69, 9.17) is 0 Å². The van der Waals surface area contributed by atoms with Gasteiger partial charge in [0.2, 0.25) is 0 Å². The van der Waals surface area contributed by atoms with Crippen molar-refractivity contribution >= 4 is 12.0 Å². The summed E-state index contributed by atoms with van der Waals surface area (Å²) in [5.74, 6) is 5.24. The van der Waals surface area contributed by atoms with Crippen molar-refractivity contribution in [3.8, 4) is 11.8 Å². The Bertz CT molecular complexity index is 431. The molecule has 0 spiro atoms. The Kier molecular flexibility index (Phi) is 4.53. The summed E-state index contributed by atoms with van der Waals surface area (Å²) in [5.41, 5.74) is 0.828. The van der Waals surface area contributed by atoms with Crippen LogP contribution in [0.15, 0.2) is 18.2 Å². The molecular formula is C13H14FNO. The average Bonchev–Trinajstić information content (AvgIpc) is 2.30. The first kappa shape index (κ1) is 12.3. The van der Waals surface area contributed by atoms with Gasteiger partial charge in [-0.15, -0.1) is 5.92 Å². The largest absolute Gasteiger partial charge is 0.361 e. The van der Waals surface area contributed by atoms with Crippen LogP contribution in [0.4, 0.5) is 10.1 Å². The molecule has 0 aliphatic carbocycles. The fourth-order valence-corrected chi connectivity index (χ4v) is 1.37. The van der Waals surface area contributed by atoms with Gasteiger partial charge >= 0.3 is 0 Å². The van der Waals surface area contributed by atoms with E-state index in [1.807, 2.05) is 11.8 Å². The van der Waals surface area contributed by atoms with Crippen LogP contribution in [0.3, 0.4) is 0 Å². The molecule has 0 saturated carbocycles. The molecule has 0 atom stereocenters. The van der Waals surface area contributed by atoms with Gasteiger partial charge in [-0.25, -0.2) is 4.39 Å². The quantitative estimate of drug-likeness (QED) is 0.572. The predicted octanol–water partition coefficient (Wildman–Crippen LogP) is 2.49. The summed E-state index contributed by atoms with van der Waals surface area (Å²) in [6.45, 7) is 5.05. The molecule has 0 fully saturated rings. The molecule has 0 heterocycles. The van der Waals surface area contributed by atoms with Crippen LogP contribution < -0.4 is 4.90 Å². The number of halogens is 1. The second-order valence-corrected chi connectivity index (χ2v) is 3.26. The maximum atomic E-state index is 13.4. The minimum Gasteiger partial charge on any atom is -0.361 e. The van der Waals surface area contributed by atoms with Crippen molar-refractivity contribution in [1.82, 2.24) is 0 Å². The van der Waals surface area contributed by atoms with Crippen LogP contribution in [0.5, 0.6) is 0 Å². The van der Waals surface area contributed by atoms with Crippen LogP contribution in [0.2, 0.25) is 0 Å². The number of carbonyl (C=O) groups excluding carboxylic acids is 1. The first-order valence-corrected chi connectivity index (χ1v) is 5.12. The molecule has 0 amide bonds. The first-order chi connectivity index (χ1) is 7.72. The zero-order chi connectivity index (χ0) is 12.0. The molecule has 84 valence electrons. The molecular weight excluding hydrogens is 205 g/mol. The van der Waals surface area contributed by atoms with E-state index in [1.54, 1.807) is 13.0 Å². The van der Waals surface area contributed by atoms with E-state index < -0.39 is 5.82 Å². The lowest BCUT2D eigenvalue weighted by Gasteiger charge is -2.20. The molecule has 0 aliphatic heterocycles. The van der Waals surface area contributed by atoms with Gasteiger partial charge in [-0.3, -0.25) is 4.79 Å². The van der Waals surface area contributed by atoms with Crippen LogP contribution in [-0.4, -0.2) is 19.4 Å². The van der Waals surface area contributed by atoms with E-state index in [2.05, 4.69) is 11.8 Å². The summed E-state index contributed by atoms with van der Waals surface area (Å²) < 4.78 is 13.4. The lowest BCUT2D eigenvalue weighted by molar-refractivity contribution is 0.112. The van der Waals surface area contributed by atoms with Crippen molar-refractivity contribution in [2.45, 2.75) is 13.8 Å². The summed E-state index contributed by atoms with van der Waals surface area (Å²) in [6.07, 6.45) is 0.515. The highest BCUT2D eigenvalue weighted by Gasteiger charge is 2.06. The van der Waals surface area contributed by atoms with Crippen LogP contribution in [0.1, 0.15) is 24.2 Å². The summed E-state index contributed by atoms with van der Waals surface area (Å²) >= 11 is 0. The zero-order valence-electron chi connectivity index (χ0n) is 9.46. The fraction of sp³-hybridized carbons (Fsp3) is 0.308. The number of rotatable bonds is 4. The van der Waals surface area contributed by atoms with Crippen LogP contribution in [-0.2, 0) is 0 Å². The van der Waals surface area contributed by atoms with Crippen molar-refractivity contribution in [2.75, 3.05) is 18.0 Å². The molecule has 0 unspecified atom stereocenters. The molecule has 0 bridgehead atoms. The summed E-state index contributed by atoms with van der Waals surface area (Å²) in [4.78, 5) is 12.4. The number of hydrogen-bond donors (Lipinski definition) is 0. The molecule has 0 aliphatic rings. The first-order valence-electron chi connectivity index (χ1n) is 5.12. The number of anilines is 1. The number of nitrogens with zero attached hydrogens (tertiary/aromatic N) is 1. The minimum absolute atomic E-state index is 0.0846. The van der Waals surface area contributed by atoms with Gasteiger partial charge in [0.05, 0.1) is 12.1 Å². The molecule has 1 rings (SSSR count). The van der Waals surface area contributed by atoms with Crippen LogP contribution >= 0.6 is 0 Å². The number of aldehydes is 1. The van der Waals surface area contributed by atoms with E-state index >= 15 is 0 Å². The van der Waals surface area contributed by atoms with Gasteiger partial charge in [0, 0.05) is 12.2 Å². The third-order valence-corrected chi connectivity index (χ3v) is 2.30. The van der Waals surface area contributed by atoms with Gasteiger partial charge in [-0.2, -0.15) is 0 Å². The maximum Gasteiger partial charge on any atom is 0.152 e. The Morgan fingerprint density at radius 2 is 2.25 bits per heavy atom. The van der Waals surface area contributed by atoms with Gasteiger partial charge in [-0.05, 0) is 32.0 Å². The summed E-state index contributed by atoms with van der Waals surface area (Å²) in [6, 6.07) is 4.58. The highest BCUT2D eigenvalue weighted by atomic mass is 19.1. The molecule has 0 saturated heterocycles. The SMILES string of the molecule is CC#CCN(CC)c1ccc(C=O)c(F)c1. The molecule has 0 aromatic heterocycles. The average molecular weight is 219 g/mol. The molecule has 0 N–H and O–H groups in total. The Morgan fingerprint density at radius 1 is 1.50 bits per heavy atom. The van der Waals surface area contributed by atoms with Crippen LogP contribution in [0.25, 0.3) is 0 Å². The van der Waals surface area contributed by atoms with E-state index in [0.717, 1.165) is 12.2 Å². The van der Waals surface area contributed by atoms with Gasteiger partial charge < -0.3 is 4.90 Å². The third-order valence-electron chi connectivity index (χ3n) is 2.30. The van der Waals surface area contributed by atoms with Crippen molar-refractivity contribution in [2.24, 2.45) is 0 Å². The van der Waals surface area contributed by atoms with E-state index in [0.29, 0.717) is 12.8 Å². The van der Waals surface area contributed by atoms with E-state index in [9.17, 15) is 9.18 Å². The Balaban J connectivity index is 2.96. The second kappa shape index (κ2) is 5.92. The highest BCUT2D eigenvalue weighted by molar-refractivity contribution is 5.76. The van der Waals surface area contributed by atoms with Gasteiger partial charge in [-0.1, -0.05) is 5.92 Å². The van der Waals surface area contributed by atoms with Crippen molar-refractivity contribution in [3.63, 3.8) is 0 Å². The molecule has 16 heavy (non-hydrogen) atoms. The lowest BCUT2D eigenvalue weighted by atomic mass is 10.2. The summed E-state index contributed by atoms with van der Waals surface area (Å²) in [5, 5.41) is 0. The Morgan fingerprint density at radius 3 is 2.75 bits per heavy atom. The van der Waals surface area contributed by atoms with Gasteiger partial charge in [0.1, 0.15) is 5.82 Å². The monoisotopic (exact) mass is 219 g/mol. The summed E-state index contributed by atoms with van der Waals surface area (Å²) in [7, 11) is 0. The smallest absolute Gasteiger partial charge is 0.152 e. The standard InChI is InChI=1S/C13H14FNO/c1-3-5-8-15(4-2)12-7-6-11(10-16)13(14)9-12/h6-7,9-10H,4,8H2,1-2H3. The van der Waals surface area contributed by atoms with Crippen molar-refractivity contribution in [3.05, 3.63) is 29.6 Å². The predicted molar refractivity (Wildman–Crippen MR) is 63.1 cm³/mol. The number of benzene rings is 1. The Labute approximate surface area is 95.1 Å². The van der Waals surface area contributed by atoms with E-state index in [-0.39, 0.29) is 5.56 Å². The van der Waals surface area contributed by atoms with Crippen LogP contribution in [0, 0.1) is 17.7 Å². The van der Waals surface area contributed by atoms with Crippen molar-refractivity contribution in [1.29, 1.82) is 0 Å². The number of hydrogen-bond acceptors (Lipinski definition) is 2. The number of carbonyl (C=O) groups is 1. The maximum absolute atomic E-state index is 13.4. The van der Waals surface area contributed by atoms with Gasteiger partial charge in [0.25, 0.3) is 0 Å². The molecule has 1 aromatic carbocycles. The topological polar surface area (TPSA) is 20.3 Å². The second-order valence-electron chi connectivity index (χ2n) is 3.26. The van der Waals surface area contributed by atoms with E-state index in [1.165, 1.54) is 12.1 Å². The molecule has 2 nitrogen and oxygen atoms in total. The molecule has 3 heteroatoms. The molecule has 0 radical (unpaired) electrons. The normalized spacial score (nSPS) is 9.19. The fourth-order valence-electron chi connectivity index (χ4n) is 1.37. The third kappa shape index (κ3) is 2.83. The molecule has 1 aromatic rings. The zero-order valence-corrected chi connectivity index (χ0v) is 9.46. The highest BCUT2D eigenvalue weighted by Crippen LogP contribution is 2.17.